The Labute approximate surface area is 164 Å². The first kappa shape index (κ1) is 20.7. The number of benzene rings is 1. The highest BCUT2D eigenvalue weighted by molar-refractivity contribution is 6.44. The number of hydrogen-bond acceptors (Lipinski definition) is 5. The van der Waals surface area contributed by atoms with Crippen LogP contribution in [0.5, 0.6) is 0 Å². The maximum Gasteiger partial charge on any atom is 0.455 e. The van der Waals surface area contributed by atoms with Crippen LogP contribution in [0.2, 0.25) is 15.2 Å². The van der Waals surface area contributed by atoms with Crippen molar-refractivity contribution >= 4 is 51.5 Å². The summed E-state index contributed by atoms with van der Waals surface area (Å²) < 4.78 is 44.4. The van der Waals surface area contributed by atoms with Gasteiger partial charge in [-0.15, -0.1) is 0 Å². The first-order chi connectivity index (χ1) is 12.5. The van der Waals surface area contributed by atoms with Crippen LogP contribution < -0.4 is 0 Å². The number of carbonyl (C=O) groups excluding carboxylic acids is 1. The van der Waals surface area contributed by atoms with Crippen LogP contribution in [0.15, 0.2) is 6.07 Å². The monoisotopic (exact) mass is 447 g/mol. The number of aliphatic hydroxyl groups is 3. The Bertz CT molecular complexity index is 916. The van der Waals surface area contributed by atoms with Crippen LogP contribution >= 0.6 is 34.8 Å². The predicted molar refractivity (Wildman–Crippen MR) is 90.4 cm³/mol. The van der Waals surface area contributed by atoms with E-state index in [1.54, 1.807) is 0 Å². The molecule has 1 aromatic carbocycles. The highest BCUT2D eigenvalue weighted by Gasteiger charge is 2.47. The number of aliphatic hydroxyl groups excluding tert-OH is 3. The minimum atomic E-state index is -5.23. The van der Waals surface area contributed by atoms with Gasteiger partial charge in [0.15, 0.2) is 0 Å². The zero-order valence-corrected chi connectivity index (χ0v) is 15.3. The lowest BCUT2D eigenvalue weighted by molar-refractivity contribution is -0.0884. The molecular weight excluding hydrogens is 438 g/mol. The van der Waals surface area contributed by atoms with Gasteiger partial charge in [0, 0.05) is 16.5 Å². The molecule has 148 valence electrons. The second kappa shape index (κ2) is 7.07. The van der Waals surface area contributed by atoms with Crippen molar-refractivity contribution in [1.82, 2.24) is 4.98 Å². The molecule has 0 radical (unpaired) electrons. The molecule has 0 amide bonds. The smallest absolute Gasteiger partial charge is 0.394 e. The molecule has 0 bridgehead atoms. The van der Waals surface area contributed by atoms with Crippen LogP contribution in [0.4, 0.5) is 13.2 Å². The van der Waals surface area contributed by atoms with Gasteiger partial charge in [0.1, 0.15) is 29.6 Å². The first-order valence-electron chi connectivity index (χ1n) is 7.42. The molecule has 1 aromatic heterocycles. The van der Waals surface area contributed by atoms with E-state index in [1.165, 1.54) is 6.07 Å². The van der Waals surface area contributed by atoms with Crippen molar-refractivity contribution in [3.63, 3.8) is 0 Å². The van der Waals surface area contributed by atoms with E-state index in [0.29, 0.717) is 0 Å². The van der Waals surface area contributed by atoms with Crippen LogP contribution in [0.3, 0.4) is 0 Å². The van der Waals surface area contributed by atoms with E-state index in [0.717, 1.165) is 0 Å². The normalized spacial score (nSPS) is 26.1. The van der Waals surface area contributed by atoms with E-state index < -0.39 is 53.7 Å². The van der Waals surface area contributed by atoms with E-state index in [-0.39, 0.29) is 26.5 Å². The second-order valence-electron chi connectivity index (χ2n) is 5.91. The summed E-state index contributed by atoms with van der Waals surface area (Å²) in [6.45, 7) is -0.668. The topological polar surface area (TPSA) is 103 Å². The zero-order chi connectivity index (χ0) is 20.3. The Kier molecular flexibility index (Phi) is 5.41. The molecule has 12 heteroatoms. The summed E-state index contributed by atoms with van der Waals surface area (Å²) >= 11 is 18.0. The first-order valence-corrected chi connectivity index (χ1v) is 8.55. The lowest BCUT2D eigenvalue weighted by atomic mass is 9.95. The van der Waals surface area contributed by atoms with Gasteiger partial charge in [0.2, 0.25) is 0 Å². The molecule has 2 heterocycles. The summed E-state index contributed by atoms with van der Waals surface area (Å²) in [5.74, 6) is -2.23. The number of Topliss-reactive ketones (excluding diaryl/α,β-unsaturated/α-hetero) is 1. The van der Waals surface area contributed by atoms with Crippen molar-refractivity contribution in [2.45, 2.75) is 30.6 Å². The summed E-state index contributed by atoms with van der Waals surface area (Å²) in [6.07, 6.45) is -11.1. The molecule has 0 spiro atoms. The molecule has 1 aliphatic heterocycles. The molecule has 0 saturated carbocycles. The van der Waals surface area contributed by atoms with Crippen LogP contribution in [0.25, 0.3) is 10.9 Å². The Balaban J connectivity index is 2.32. The summed E-state index contributed by atoms with van der Waals surface area (Å²) in [4.78, 5) is 14.3. The largest absolute Gasteiger partial charge is 0.455 e. The number of ether oxygens (including phenoxy) is 1. The Morgan fingerprint density at radius 1 is 1.22 bits per heavy atom. The molecule has 0 aliphatic carbocycles. The average molecular weight is 449 g/mol. The van der Waals surface area contributed by atoms with Crippen molar-refractivity contribution in [3.8, 4) is 0 Å². The number of aromatic amines is 1. The lowest BCUT2D eigenvalue weighted by Gasteiger charge is -2.19. The number of rotatable bonds is 3. The Morgan fingerprint density at radius 2 is 1.85 bits per heavy atom. The van der Waals surface area contributed by atoms with Crippen LogP contribution in [-0.2, 0) is 4.74 Å². The quantitative estimate of drug-likeness (QED) is 0.541. The third-order valence-corrected chi connectivity index (χ3v) is 5.37. The zero-order valence-electron chi connectivity index (χ0n) is 13.0. The van der Waals surface area contributed by atoms with Gasteiger partial charge < -0.3 is 25.0 Å². The third-order valence-electron chi connectivity index (χ3n) is 4.28. The number of nitrogens with one attached hydrogen (secondary N) is 1. The molecule has 1 saturated heterocycles. The SMILES string of the molecule is O=C(c1c(Cl)[nH]c2cc(Cl)c(Cl)c([C@@H]3O[C@H](CO)[C@@H](O)[C@H]3O)c12)C(F)(F)F. The summed E-state index contributed by atoms with van der Waals surface area (Å²) in [6, 6.07) is 1.17. The Hall–Kier alpha value is -1.07. The molecule has 1 fully saturated rings. The molecule has 4 N–H and O–H groups in total. The molecule has 2 aromatic rings. The number of H-pyrrole nitrogens is 1. The second-order valence-corrected chi connectivity index (χ2v) is 7.07. The fourth-order valence-corrected chi connectivity index (χ4v) is 3.81. The van der Waals surface area contributed by atoms with Gasteiger partial charge in [0.25, 0.3) is 5.78 Å². The van der Waals surface area contributed by atoms with Gasteiger partial charge in [-0.1, -0.05) is 34.8 Å². The van der Waals surface area contributed by atoms with E-state index in [2.05, 4.69) is 4.98 Å². The minimum absolute atomic E-state index is 0.0465. The number of ketones is 1. The van der Waals surface area contributed by atoms with Gasteiger partial charge in [-0.25, -0.2) is 0 Å². The van der Waals surface area contributed by atoms with E-state index in [4.69, 9.17) is 39.5 Å². The third kappa shape index (κ3) is 3.31. The maximum absolute atomic E-state index is 13.0. The van der Waals surface area contributed by atoms with Crippen LogP contribution in [0, 0.1) is 0 Å². The molecule has 3 rings (SSSR count). The highest BCUT2D eigenvalue weighted by atomic mass is 35.5. The molecule has 0 unspecified atom stereocenters. The van der Waals surface area contributed by atoms with Crippen molar-refractivity contribution < 1.29 is 38.0 Å². The number of carbonyl (C=O) groups is 1. The molecule has 4 atom stereocenters. The molecule has 27 heavy (non-hydrogen) atoms. The van der Waals surface area contributed by atoms with Gasteiger partial charge >= 0.3 is 6.18 Å². The summed E-state index contributed by atoms with van der Waals surface area (Å²) in [5, 5.41) is 28.1. The highest BCUT2D eigenvalue weighted by Crippen LogP contribution is 2.46. The van der Waals surface area contributed by atoms with E-state index in [9.17, 15) is 33.3 Å². The number of hydrogen-bond donors (Lipinski definition) is 4. The minimum Gasteiger partial charge on any atom is -0.394 e. The Morgan fingerprint density at radius 3 is 2.37 bits per heavy atom. The number of halogens is 6. The fraction of sp³-hybridized carbons (Fsp3) is 0.400. The number of aromatic nitrogens is 1. The van der Waals surface area contributed by atoms with Gasteiger partial charge in [-0.2, -0.15) is 13.2 Å². The van der Waals surface area contributed by atoms with Gasteiger partial charge in [0.05, 0.1) is 22.2 Å². The van der Waals surface area contributed by atoms with Crippen molar-refractivity contribution in [2.75, 3.05) is 6.61 Å². The standard InChI is InChI=1S/C15H11Cl3F3NO5/c16-3-1-4-6(8(14(18)22-4)13(26)15(19,20)21)7(9(3)17)12-11(25)10(24)5(2-23)27-12/h1,5,10-12,22-25H,2H2/t5-,10-,11-,12+/m1/s1. The van der Waals surface area contributed by atoms with Gasteiger partial charge in [-0.3, -0.25) is 4.79 Å². The van der Waals surface area contributed by atoms with Gasteiger partial charge in [-0.05, 0) is 6.07 Å². The molecular formula is C15H11Cl3F3NO5. The summed E-state index contributed by atoms with van der Waals surface area (Å²) in [7, 11) is 0. The molecule has 6 nitrogen and oxygen atoms in total. The number of fused-ring (bicyclic) bond motifs is 1. The van der Waals surface area contributed by atoms with E-state index >= 15 is 0 Å². The van der Waals surface area contributed by atoms with Crippen molar-refractivity contribution in [2.24, 2.45) is 0 Å². The maximum atomic E-state index is 13.0. The average Bonchev–Trinajstić information content (AvgIpc) is 3.04. The van der Waals surface area contributed by atoms with Crippen molar-refractivity contribution in [1.29, 1.82) is 0 Å². The van der Waals surface area contributed by atoms with E-state index in [1.807, 2.05) is 0 Å². The summed E-state index contributed by atoms with van der Waals surface area (Å²) in [5.41, 5.74) is -1.21. The van der Waals surface area contributed by atoms with Crippen LogP contribution in [0.1, 0.15) is 22.0 Å². The van der Waals surface area contributed by atoms with Crippen molar-refractivity contribution in [3.05, 3.63) is 32.4 Å². The molecule has 1 aliphatic rings. The fourth-order valence-electron chi connectivity index (χ4n) is 3.06. The van der Waals surface area contributed by atoms with Crippen LogP contribution in [-0.4, -0.2) is 57.2 Å². The predicted octanol–water partition coefficient (Wildman–Crippen LogP) is 3.03. The lowest BCUT2D eigenvalue weighted by Crippen LogP contribution is -2.32. The number of alkyl halides is 3.